The van der Waals surface area contributed by atoms with Gasteiger partial charge in [-0.05, 0) is 31.9 Å². The number of nitro benzene ring substituents is 1. The van der Waals surface area contributed by atoms with Crippen LogP contribution in [0, 0.1) is 10.1 Å². The molecule has 1 aromatic carbocycles. The molecule has 0 heterocycles. The highest BCUT2D eigenvalue weighted by Crippen LogP contribution is 2.30. The maximum absolute atomic E-state index is 10.9. The van der Waals surface area contributed by atoms with Gasteiger partial charge in [0.15, 0.2) is 17.6 Å². The van der Waals surface area contributed by atoms with Crippen molar-refractivity contribution in [1.29, 1.82) is 0 Å². The lowest BCUT2D eigenvalue weighted by atomic mass is 10.1. The summed E-state index contributed by atoms with van der Waals surface area (Å²) in [6.45, 7) is 5.02. The van der Waals surface area contributed by atoms with Crippen molar-refractivity contribution in [2.45, 2.75) is 32.8 Å². The maximum atomic E-state index is 10.9. The summed E-state index contributed by atoms with van der Waals surface area (Å²) in [5.74, 6) is 0.115. The Bertz CT molecular complexity index is 440. The predicted molar refractivity (Wildman–Crippen MR) is 63.2 cm³/mol. The molecule has 5 heteroatoms. The fourth-order valence-corrected chi connectivity index (χ4v) is 1.32. The lowest BCUT2D eigenvalue weighted by Gasteiger charge is -2.19. The summed E-state index contributed by atoms with van der Waals surface area (Å²) >= 11 is 0. The van der Waals surface area contributed by atoms with Crippen molar-refractivity contribution in [3.8, 4) is 5.75 Å². The van der Waals surface area contributed by atoms with Crippen LogP contribution in [0.4, 0.5) is 5.69 Å². The summed E-state index contributed by atoms with van der Waals surface area (Å²) in [5, 5.41) is 10.9. The van der Waals surface area contributed by atoms with Crippen molar-refractivity contribution in [3.63, 3.8) is 0 Å². The lowest BCUT2D eigenvalue weighted by Crippen LogP contribution is -2.30. The SMILES string of the molecule is CCc1ccc(OC(C)(C)C=O)c([N+](=O)[O-])c1. The average Bonchev–Trinajstić information content (AvgIpc) is 2.29. The fraction of sp³-hybridized carbons (Fsp3) is 0.417. The number of nitro groups is 1. The van der Waals surface area contributed by atoms with Gasteiger partial charge in [0.25, 0.3) is 0 Å². The number of aryl methyl sites for hydroxylation is 1. The number of benzene rings is 1. The van der Waals surface area contributed by atoms with Crippen LogP contribution in [0.15, 0.2) is 18.2 Å². The number of hydrogen-bond acceptors (Lipinski definition) is 4. The molecular formula is C12H15NO4. The summed E-state index contributed by atoms with van der Waals surface area (Å²) in [5.41, 5.74) is -0.328. The Kier molecular flexibility index (Phi) is 3.83. The number of rotatable bonds is 5. The minimum absolute atomic E-state index is 0.112. The Morgan fingerprint density at radius 1 is 1.47 bits per heavy atom. The largest absolute Gasteiger partial charge is 0.473 e. The maximum Gasteiger partial charge on any atom is 0.311 e. The summed E-state index contributed by atoms with van der Waals surface area (Å²) in [7, 11) is 0. The summed E-state index contributed by atoms with van der Waals surface area (Å²) in [6.07, 6.45) is 1.32. The molecule has 92 valence electrons. The highest BCUT2D eigenvalue weighted by molar-refractivity contribution is 5.62. The molecule has 0 aliphatic heterocycles. The molecule has 17 heavy (non-hydrogen) atoms. The Morgan fingerprint density at radius 2 is 2.12 bits per heavy atom. The Balaban J connectivity index is 3.15. The van der Waals surface area contributed by atoms with Gasteiger partial charge in [-0.15, -0.1) is 0 Å². The van der Waals surface area contributed by atoms with Crippen LogP contribution in [0.2, 0.25) is 0 Å². The Labute approximate surface area is 99.5 Å². The Hall–Kier alpha value is -1.91. The van der Waals surface area contributed by atoms with Gasteiger partial charge in [0.1, 0.15) is 0 Å². The van der Waals surface area contributed by atoms with E-state index in [1.165, 1.54) is 12.1 Å². The second-order valence-electron chi connectivity index (χ2n) is 4.24. The number of hydrogen-bond donors (Lipinski definition) is 0. The number of carbonyl (C=O) groups is 1. The molecule has 0 saturated heterocycles. The van der Waals surface area contributed by atoms with Crippen LogP contribution in [0.5, 0.6) is 5.75 Å². The zero-order valence-electron chi connectivity index (χ0n) is 10.1. The van der Waals surface area contributed by atoms with Crippen LogP contribution in [-0.2, 0) is 11.2 Å². The minimum atomic E-state index is -1.07. The molecule has 5 nitrogen and oxygen atoms in total. The fourth-order valence-electron chi connectivity index (χ4n) is 1.32. The predicted octanol–water partition coefficient (Wildman–Crippen LogP) is 2.51. The van der Waals surface area contributed by atoms with Gasteiger partial charge in [-0.25, -0.2) is 0 Å². The molecule has 0 radical (unpaired) electrons. The third-order valence-corrected chi connectivity index (χ3v) is 2.29. The third kappa shape index (κ3) is 3.27. The number of carbonyl (C=O) groups excluding carboxylic acids is 1. The molecule has 0 spiro atoms. The second kappa shape index (κ2) is 4.95. The zero-order valence-corrected chi connectivity index (χ0v) is 10.1. The van der Waals surface area contributed by atoms with E-state index in [-0.39, 0.29) is 11.4 Å². The average molecular weight is 237 g/mol. The van der Waals surface area contributed by atoms with Crippen molar-refractivity contribution in [1.82, 2.24) is 0 Å². The normalized spacial score (nSPS) is 11.0. The monoisotopic (exact) mass is 237 g/mol. The van der Waals surface area contributed by atoms with Gasteiger partial charge in [-0.3, -0.25) is 14.9 Å². The van der Waals surface area contributed by atoms with Crippen LogP contribution < -0.4 is 4.74 Å². The third-order valence-electron chi connectivity index (χ3n) is 2.29. The van der Waals surface area contributed by atoms with Crippen LogP contribution in [0.25, 0.3) is 0 Å². The Morgan fingerprint density at radius 3 is 2.59 bits per heavy atom. The van der Waals surface area contributed by atoms with Gasteiger partial charge in [0, 0.05) is 6.07 Å². The van der Waals surface area contributed by atoms with Gasteiger partial charge in [-0.1, -0.05) is 13.0 Å². The van der Waals surface area contributed by atoms with E-state index in [0.717, 1.165) is 5.56 Å². The molecule has 0 N–H and O–H groups in total. The van der Waals surface area contributed by atoms with Gasteiger partial charge >= 0.3 is 5.69 Å². The first kappa shape index (κ1) is 13.2. The van der Waals surface area contributed by atoms with Gasteiger partial charge in [-0.2, -0.15) is 0 Å². The molecule has 0 unspecified atom stereocenters. The lowest BCUT2D eigenvalue weighted by molar-refractivity contribution is -0.386. The standard InChI is InChI=1S/C12H15NO4/c1-4-9-5-6-11(10(7-9)13(15)16)17-12(2,3)8-14/h5-8H,4H2,1-3H3. The van der Waals surface area contributed by atoms with Gasteiger partial charge in [0.2, 0.25) is 0 Å². The molecule has 1 aromatic rings. The van der Waals surface area contributed by atoms with Crippen LogP contribution in [0.1, 0.15) is 26.3 Å². The van der Waals surface area contributed by atoms with Gasteiger partial charge < -0.3 is 4.74 Å². The quantitative estimate of drug-likeness (QED) is 0.448. The molecule has 0 fully saturated rings. The first-order valence-electron chi connectivity index (χ1n) is 5.32. The molecule has 0 aliphatic carbocycles. The molecule has 0 saturated carbocycles. The van der Waals surface area contributed by atoms with Crippen molar-refractivity contribution >= 4 is 12.0 Å². The molecular weight excluding hydrogens is 222 g/mol. The van der Waals surface area contributed by atoms with E-state index in [4.69, 9.17) is 4.74 Å². The van der Waals surface area contributed by atoms with Crippen LogP contribution in [-0.4, -0.2) is 16.8 Å². The molecule has 0 aromatic heterocycles. The number of ether oxygens (including phenoxy) is 1. The molecule has 0 aliphatic rings. The number of nitrogens with zero attached hydrogens (tertiary/aromatic N) is 1. The highest BCUT2D eigenvalue weighted by atomic mass is 16.6. The zero-order chi connectivity index (χ0) is 13.1. The first-order chi connectivity index (χ1) is 7.89. The van der Waals surface area contributed by atoms with Crippen molar-refractivity contribution in [2.24, 2.45) is 0 Å². The van der Waals surface area contributed by atoms with Crippen molar-refractivity contribution in [3.05, 3.63) is 33.9 Å². The summed E-state index contributed by atoms with van der Waals surface area (Å²) < 4.78 is 5.33. The van der Waals surface area contributed by atoms with E-state index in [1.807, 2.05) is 6.92 Å². The molecule has 1 rings (SSSR count). The second-order valence-corrected chi connectivity index (χ2v) is 4.24. The van der Waals surface area contributed by atoms with E-state index in [0.29, 0.717) is 12.7 Å². The minimum Gasteiger partial charge on any atom is -0.473 e. The highest BCUT2D eigenvalue weighted by Gasteiger charge is 2.24. The molecule has 0 amide bonds. The van der Waals surface area contributed by atoms with Gasteiger partial charge in [0.05, 0.1) is 4.92 Å². The summed E-state index contributed by atoms with van der Waals surface area (Å²) in [4.78, 5) is 21.1. The van der Waals surface area contributed by atoms with Crippen molar-refractivity contribution in [2.75, 3.05) is 0 Å². The topological polar surface area (TPSA) is 69.4 Å². The first-order valence-corrected chi connectivity index (χ1v) is 5.32. The summed E-state index contributed by atoms with van der Waals surface area (Å²) in [6, 6.07) is 4.75. The molecule has 0 atom stereocenters. The van der Waals surface area contributed by atoms with E-state index in [1.54, 1.807) is 19.9 Å². The van der Waals surface area contributed by atoms with E-state index in [9.17, 15) is 14.9 Å². The van der Waals surface area contributed by atoms with E-state index in [2.05, 4.69) is 0 Å². The van der Waals surface area contributed by atoms with Crippen LogP contribution >= 0.6 is 0 Å². The van der Waals surface area contributed by atoms with E-state index >= 15 is 0 Å². The van der Waals surface area contributed by atoms with Crippen molar-refractivity contribution < 1.29 is 14.5 Å². The number of aldehydes is 1. The van der Waals surface area contributed by atoms with Crippen LogP contribution in [0.3, 0.4) is 0 Å². The molecule has 0 bridgehead atoms. The smallest absolute Gasteiger partial charge is 0.311 e. The van der Waals surface area contributed by atoms with E-state index < -0.39 is 10.5 Å².